The van der Waals surface area contributed by atoms with Gasteiger partial charge in [-0.05, 0) is 51.4 Å². The predicted molar refractivity (Wildman–Crippen MR) is 81.6 cm³/mol. The van der Waals surface area contributed by atoms with Gasteiger partial charge in [-0.25, -0.2) is 0 Å². The van der Waals surface area contributed by atoms with Gasteiger partial charge in [-0.2, -0.15) is 0 Å². The first-order chi connectivity index (χ1) is 9.90. The molecule has 4 nitrogen and oxygen atoms in total. The molecule has 1 aromatic heterocycles. The largest absolute Gasteiger partial charge is 0.380 e. The number of rotatable bonds is 7. The van der Waals surface area contributed by atoms with Crippen LogP contribution in [-0.2, 0) is 11.3 Å². The molecule has 4 heteroatoms. The normalized spacial score (nSPS) is 20.0. The maximum atomic E-state index is 5.55. The van der Waals surface area contributed by atoms with Crippen molar-refractivity contribution in [1.82, 2.24) is 15.2 Å². The number of ether oxygens (including phenoxy) is 1. The van der Waals surface area contributed by atoms with Crippen molar-refractivity contribution in [2.24, 2.45) is 0 Å². The summed E-state index contributed by atoms with van der Waals surface area (Å²) in [5.41, 5.74) is 1.15. The molecular weight excluding hydrogens is 250 g/mol. The first kappa shape index (κ1) is 15.4. The molecule has 1 saturated heterocycles. The lowest BCUT2D eigenvalue weighted by molar-refractivity contribution is 0.0851. The van der Waals surface area contributed by atoms with Crippen LogP contribution in [-0.4, -0.2) is 48.8 Å². The number of hydrogen-bond donors (Lipinski definition) is 1. The summed E-state index contributed by atoms with van der Waals surface area (Å²) in [5, 5.41) is 3.49. The van der Waals surface area contributed by atoms with Crippen LogP contribution in [0.25, 0.3) is 0 Å². The lowest BCUT2D eigenvalue weighted by Gasteiger charge is -2.30. The minimum absolute atomic E-state index is 0.646. The van der Waals surface area contributed by atoms with E-state index in [1.165, 1.54) is 19.3 Å². The van der Waals surface area contributed by atoms with E-state index >= 15 is 0 Å². The zero-order valence-corrected chi connectivity index (χ0v) is 12.6. The van der Waals surface area contributed by atoms with Crippen LogP contribution in [0.3, 0.4) is 0 Å². The molecule has 0 amide bonds. The van der Waals surface area contributed by atoms with Crippen LogP contribution in [0.2, 0.25) is 0 Å². The number of hydrogen-bond acceptors (Lipinski definition) is 4. The van der Waals surface area contributed by atoms with Crippen molar-refractivity contribution in [3.63, 3.8) is 0 Å². The average Bonchev–Trinajstić information content (AvgIpc) is 2.76. The monoisotopic (exact) mass is 277 g/mol. The van der Waals surface area contributed by atoms with Gasteiger partial charge in [0.15, 0.2) is 0 Å². The molecule has 20 heavy (non-hydrogen) atoms. The Labute approximate surface area is 122 Å². The average molecular weight is 277 g/mol. The van der Waals surface area contributed by atoms with Gasteiger partial charge in [0.25, 0.3) is 0 Å². The molecule has 0 unspecified atom stereocenters. The molecule has 1 aliphatic heterocycles. The first-order valence-electron chi connectivity index (χ1n) is 7.82. The van der Waals surface area contributed by atoms with Crippen LogP contribution in [0, 0.1) is 0 Å². The lowest BCUT2D eigenvalue weighted by Crippen LogP contribution is -2.38. The Morgan fingerprint density at radius 2 is 2.30 bits per heavy atom. The van der Waals surface area contributed by atoms with Gasteiger partial charge in [0.1, 0.15) is 0 Å². The minimum Gasteiger partial charge on any atom is -0.380 e. The predicted octanol–water partition coefficient (Wildman–Crippen LogP) is 2.06. The fraction of sp³-hybridized carbons (Fsp3) is 0.688. The molecule has 0 aromatic carbocycles. The molecule has 0 bridgehead atoms. The van der Waals surface area contributed by atoms with Crippen LogP contribution in [0.1, 0.15) is 31.9 Å². The molecule has 1 aliphatic rings. The highest BCUT2D eigenvalue weighted by molar-refractivity contribution is 5.03. The van der Waals surface area contributed by atoms with E-state index < -0.39 is 0 Å². The van der Waals surface area contributed by atoms with Crippen molar-refractivity contribution in [3.05, 3.63) is 30.1 Å². The number of aromatic nitrogens is 1. The van der Waals surface area contributed by atoms with Gasteiger partial charge in [-0.3, -0.25) is 9.88 Å². The third-order valence-corrected chi connectivity index (χ3v) is 3.88. The Balaban J connectivity index is 1.95. The Kier molecular flexibility index (Phi) is 6.98. The molecule has 112 valence electrons. The molecule has 1 fully saturated rings. The summed E-state index contributed by atoms with van der Waals surface area (Å²) in [6.07, 6.45) is 5.63. The Morgan fingerprint density at radius 3 is 3.10 bits per heavy atom. The van der Waals surface area contributed by atoms with Gasteiger partial charge in [0.05, 0.1) is 12.3 Å². The van der Waals surface area contributed by atoms with Crippen LogP contribution in [0.5, 0.6) is 0 Å². The SMILES string of the molecule is CCOCCN(Cc1ccccn1)[C@@H]1CCCNCC1. The molecule has 2 heterocycles. The van der Waals surface area contributed by atoms with Crippen molar-refractivity contribution in [2.75, 3.05) is 32.8 Å². The molecule has 2 rings (SSSR count). The smallest absolute Gasteiger partial charge is 0.0593 e. The summed E-state index contributed by atoms with van der Waals surface area (Å²) in [7, 11) is 0. The van der Waals surface area contributed by atoms with Gasteiger partial charge in [0, 0.05) is 31.9 Å². The molecule has 0 saturated carbocycles. The van der Waals surface area contributed by atoms with E-state index in [1.807, 2.05) is 12.3 Å². The van der Waals surface area contributed by atoms with Crippen molar-refractivity contribution >= 4 is 0 Å². The minimum atomic E-state index is 0.646. The van der Waals surface area contributed by atoms with E-state index in [0.29, 0.717) is 6.04 Å². The summed E-state index contributed by atoms with van der Waals surface area (Å²) in [5.74, 6) is 0. The molecule has 1 N–H and O–H groups in total. The van der Waals surface area contributed by atoms with Crippen molar-refractivity contribution in [1.29, 1.82) is 0 Å². The molecular formula is C16H27N3O. The summed E-state index contributed by atoms with van der Waals surface area (Å²) in [6, 6.07) is 6.80. The summed E-state index contributed by atoms with van der Waals surface area (Å²) >= 11 is 0. The lowest BCUT2D eigenvalue weighted by atomic mass is 10.1. The zero-order chi connectivity index (χ0) is 14.0. The maximum Gasteiger partial charge on any atom is 0.0593 e. The Bertz CT molecular complexity index is 350. The standard InChI is InChI=1S/C16H27N3O/c1-2-20-13-12-19(14-15-6-3-4-10-18-15)16-7-5-9-17-11-8-16/h3-4,6,10,16-17H,2,5,7-9,11-14H2,1H3/t16-/m1/s1. The van der Waals surface area contributed by atoms with E-state index in [-0.39, 0.29) is 0 Å². The second kappa shape index (κ2) is 9.06. The van der Waals surface area contributed by atoms with Gasteiger partial charge < -0.3 is 10.1 Å². The van der Waals surface area contributed by atoms with Crippen LogP contribution < -0.4 is 5.32 Å². The molecule has 0 radical (unpaired) electrons. The van der Waals surface area contributed by atoms with Gasteiger partial charge in [-0.1, -0.05) is 6.07 Å². The molecule has 1 atom stereocenters. The highest BCUT2D eigenvalue weighted by Crippen LogP contribution is 2.15. The Hall–Kier alpha value is -0.970. The topological polar surface area (TPSA) is 37.4 Å². The fourth-order valence-electron chi connectivity index (χ4n) is 2.78. The zero-order valence-electron chi connectivity index (χ0n) is 12.6. The van der Waals surface area contributed by atoms with Crippen molar-refractivity contribution in [2.45, 2.75) is 38.8 Å². The molecule has 1 aromatic rings. The van der Waals surface area contributed by atoms with Crippen molar-refractivity contribution in [3.8, 4) is 0 Å². The van der Waals surface area contributed by atoms with Crippen LogP contribution in [0.4, 0.5) is 0 Å². The van der Waals surface area contributed by atoms with E-state index in [2.05, 4.69) is 34.3 Å². The van der Waals surface area contributed by atoms with Gasteiger partial charge in [-0.15, -0.1) is 0 Å². The second-order valence-corrected chi connectivity index (χ2v) is 5.32. The first-order valence-corrected chi connectivity index (χ1v) is 7.82. The number of pyridine rings is 1. The van der Waals surface area contributed by atoms with Crippen LogP contribution in [0.15, 0.2) is 24.4 Å². The summed E-state index contributed by atoms with van der Waals surface area (Å²) in [4.78, 5) is 7.01. The van der Waals surface area contributed by atoms with E-state index in [0.717, 1.165) is 45.1 Å². The third kappa shape index (κ3) is 5.19. The van der Waals surface area contributed by atoms with Crippen molar-refractivity contribution < 1.29 is 4.74 Å². The van der Waals surface area contributed by atoms with Gasteiger partial charge in [0.2, 0.25) is 0 Å². The Morgan fingerprint density at radius 1 is 1.35 bits per heavy atom. The quantitative estimate of drug-likeness (QED) is 0.774. The third-order valence-electron chi connectivity index (χ3n) is 3.88. The molecule has 0 aliphatic carbocycles. The molecule has 0 spiro atoms. The van der Waals surface area contributed by atoms with E-state index in [1.54, 1.807) is 0 Å². The van der Waals surface area contributed by atoms with Gasteiger partial charge >= 0.3 is 0 Å². The maximum absolute atomic E-state index is 5.55. The highest BCUT2D eigenvalue weighted by Gasteiger charge is 2.20. The number of nitrogens with zero attached hydrogens (tertiary/aromatic N) is 2. The summed E-state index contributed by atoms with van der Waals surface area (Å²) in [6.45, 7) is 7.86. The van der Waals surface area contributed by atoms with E-state index in [9.17, 15) is 0 Å². The number of nitrogens with one attached hydrogen (secondary N) is 1. The van der Waals surface area contributed by atoms with Crippen LogP contribution >= 0.6 is 0 Å². The summed E-state index contributed by atoms with van der Waals surface area (Å²) < 4.78 is 5.55. The second-order valence-electron chi connectivity index (χ2n) is 5.32. The van der Waals surface area contributed by atoms with E-state index in [4.69, 9.17) is 4.74 Å². The fourth-order valence-corrected chi connectivity index (χ4v) is 2.78. The highest BCUT2D eigenvalue weighted by atomic mass is 16.5.